The Morgan fingerprint density at radius 3 is 2.62 bits per heavy atom. The van der Waals surface area contributed by atoms with Gasteiger partial charge in [-0.15, -0.1) is 0 Å². The topological polar surface area (TPSA) is 119 Å². The fraction of sp³-hybridized carbons (Fsp3) is 0.320. The lowest BCUT2D eigenvalue weighted by Crippen LogP contribution is -2.54. The van der Waals surface area contributed by atoms with Crippen molar-refractivity contribution in [3.63, 3.8) is 0 Å². The summed E-state index contributed by atoms with van der Waals surface area (Å²) in [5.74, 6) is -4.43. The van der Waals surface area contributed by atoms with Crippen LogP contribution in [0.2, 0.25) is 0 Å². The number of aromatic nitrogens is 2. The maximum atomic E-state index is 15.2. The lowest BCUT2D eigenvalue weighted by molar-refractivity contribution is -0.113. The van der Waals surface area contributed by atoms with Gasteiger partial charge in [0, 0.05) is 29.5 Å². The molecule has 0 aliphatic carbocycles. The number of sulfone groups is 1. The Kier molecular flexibility index (Phi) is 6.61. The van der Waals surface area contributed by atoms with Gasteiger partial charge in [0.05, 0.1) is 24.3 Å². The monoisotopic (exact) mass is 566 g/mol. The number of nitrogens with one attached hydrogen (secondary N) is 2. The van der Waals surface area contributed by atoms with E-state index in [1.54, 1.807) is 0 Å². The van der Waals surface area contributed by atoms with Gasteiger partial charge in [-0.05, 0) is 12.8 Å². The molecule has 9 nitrogen and oxygen atoms in total. The lowest BCUT2D eigenvalue weighted by Gasteiger charge is -2.38. The Bertz CT molecular complexity index is 1590. The zero-order valence-electron chi connectivity index (χ0n) is 20.4. The number of benzene rings is 2. The van der Waals surface area contributed by atoms with Crippen LogP contribution in [0.15, 0.2) is 36.4 Å². The zero-order chi connectivity index (χ0) is 28.1. The van der Waals surface area contributed by atoms with Crippen LogP contribution in [-0.2, 0) is 26.7 Å². The maximum Gasteiger partial charge on any atom is 0.272 e. The van der Waals surface area contributed by atoms with E-state index in [-0.39, 0.29) is 59.1 Å². The van der Waals surface area contributed by atoms with E-state index < -0.39 is 51.0 Å². The van der Waals surface area contributed by atoms with Crippen molar-refractivity contribution in [3.8, 4) is 17.0 Å². The number of ether oxygens (including phenoxy) is 1. The Morgan fingerprint density at radius 2 is 1.95 bits per heavy atom. The lowest BCUT2D eigenvalue weighted by atomic mass is 9.83. The van der Waals surface area contributed by atoms with Crippen LogP contribution in [-0.4, -0.2) is 48.6 Å². The first-order valence-corrected chi connectivity index (χ1v) is 13.8. The van der Waals surface area contributed by atoms with Crippen LogP contribution in [0.4, 0.5) is 23.2 Å². The summed E-state index contributed by atoms with van der Waals surface area (Å²) in [6.07, 6.45) is -1.27. The van der Waals surface area contributed by atoms with Crippen molar-refractivity contribution in [3.05, 3.63) is 64.9 Å². The summed E-state index contributed by atoms with van der Waals surface area (Å²) in [4.78, 5) is 26.1. The molecule has 2 aromatic carbocycles. The first-order chi connectivity index (χ1) is 18.4. The van der Waals surface area contributed by atoms with Gasteiger partial charge in [0.1, 0.15) is 34.5 Å². The highest BCUT2D eigenvalue weighted by atomic mass is 32.2. The van der Waals surface area contributed by atoms with Gasteiger partial charge in [-0.2, -0.15) is 5.10 Å². The number of fused-ring (bicyclic) bond motifs is 3. The summed E-state index contributed by atoms with van der Waals surface area (Å²) in [5.41, 5.74) is -1.71. The molecule has 0 bridgehead atoms. The molecule has 0 saturated carbocycles. The van der Waals surface area contributed by atoms with Crippen LogP contribution in [0.1, 0.15) is 40.9 Å². The molecular formula is C25H22F4N4O5S. The van der Waals surface area contributed by atoms with Crippen molar-refractivity contribution in [1.82, 2.24) is 15.1 Å². The highest BCUT2D eigenvalue weighted by molar-refractivity contribution is 7.91. The minimum absolute atomic E-state index is 0.0181. The fourth-order valence-electron chi connectivity index (χ4n) is 4.99. The first kappa shape index (κ1) is 26.7. The average molecular weight is 567 g/mol. The number of rotatable bonds is 5. The summed E-state index contributed by atoms with van der Waals surface area (Å²) in [5, 5.41) is 9.67. The minimum Gasteiger partial charge on any atom is -0.493 e. The van der Waals surface area contributed by atoms with E-state index in [0.29, 0.717) is 12.5 Å². The van der Waals surface area contributed by atoms with Crippen molar-refractivity contribution in [2.75, 3.05) is 23.9 Å². The number of hydrogen-bond donors (Lipinski definition) is 2. The van der Waals surface area contributed by atoms with Crippen LogP contribution in [0.5, 0.6) is 5.75 Å². The summed E-state index contributed by atoms with van der Waals surface area (Å²) >= 11 is 0. The molecule has 206 valence electrons. The van der Waals surface area contributed by atoms with Crippen molar-refractivity contribution in [2.45, 2.75) is 31.4 Å². The average Bonchev–Trinajstić information content (AvgIpc) is 3.08. The number of hydrogen-bond acceptors (Lipinski definition) is 6. The molecule has 2 N–H and O–H groups in total. The third-order valence-corrected chi connectivity index (χ3v) is 7.32. The maximum absolute atomic E-state index is 15.2. The molecule has 0 saturated heterocycles. The quantitative estimate of drug-likeness (QED) is 0.456. The van der Waals surface area contributed by atoms with E-state index in [0.717, 1.165) is 24.5 Å². The molecule has 2 aliphatic rings. The number of alkyl halides is 2. The van der Waals surface area contributed by atoms with Gasteiger partial charge in [-0.25, -0.2) is 26.0 Å². The van der Waals surface area contributed by atoms with Crippen molar-refractivity contribution in [1.29, 1.82) is 0 Å². The van der Waals surface area contributed by atoms with E-state index in [1.807, 2.05) is 0 Å². The summed E-state index contributed by atoms with van der Waals surface area (Å²) in [6, 6.07) is 6.69. The number of carbonyl (C=O) groups excluding carboxylic acids is 2. The second-order valence-corrected chi connectivity index (χ2v) is 11.7. The molecule has 2 aliphatic heterocycles. The Morgan fingerprint density at radius 1 is 1.23 bits per heavy atom. The van der Waals surface area contributed by atoms with Gasteiger partial charge in [0.15, 0.2) is 15.5 Å². The van der Waals surface area contributed by atoms with Crippen molar-refractivity contribution >= 4 is 27.3 Å². The molecule has 2 amide bonds. The Balaban J connectivity index is 1.65. The second kappa shape index (κ2) is 9.67. The SMILES string of the molecule is CS(=O)(=O)CC(=O)Nc1c(-c2ccc(C(F)F)cc2)nn2c1C(=O)N[C@@]1(CCCOc3cc(F)cc(F)c31)C2. The third kappa shape index (κ3) is 5.07. The molecule has 1 atom stereocenters. The molecule has 1 aromatic heterocycles. The van der Waals surface area contributed by atoms with Gasteiger partial charge < -0.3 is 15.4 Å². The van der Waals surface area contributed by atoms with Gasteiger partial charge in [0.2, 0.25) is 5.91 Å². The summed E-state index contributed by atoms with van der Waals surface area (Å²) < 4.78 is 85.5. The second-order valence-electron chi connectivity index (χ2n) is 9.52. The first-order valence-electron chi connectivity index (χ1n) is 11.8. The van der Waals surface area contributed by atoms with E-state index in [4.69, 9.17) is 4.74 Å². The molecule has 0 fully saturated rings. The van der Waals surface area contributed by atoms with E-state index in [2.05, 4.69) is 15.7 Å². The predicted molar refractivity (Wildman–Crippen MR) is 131 cm³/mol. The number of carbonyl (C=O) groups is 2. The molecule has 14 heteroatoms. The highest BCUT2D eigenvalue weighted by Crippen LogP contribution is 2.44. The van der Waals surface area contributed by atoms with Gasteiger partial charge in [0.25, 0.3) is 12.3 Å². The molecule has 0 unspecified atom stereocenters. The van der Waals surface area contributed by atoms with Crippen molar-refractivity contribution in [2.24, 2.45) is 0 Å². The van der Waals surface area contributed by atoms with Crippen LogP contribution >= 0.6 is 0 Å². The van der Waals surface area contributed by atoms with Gasteiger partial charge in [-0.1, -0.05) is 24.3 Å². The van der Waals surface area contributed by atoms with Gasteiger partial charge >= 0.3 is 0 Å². The summed E-state index contributed by atoms with van der Waals surface area (Å²) in [7, 11) is -3.73. The van der Waals surface area contributed by atoms with Gasteiger partial charge in [-0.3, -0.25) is 14.3 Å². The summed E-state index contributed by atoms with van der Waals surface area (Å²) in [6.45, 7) is 0.00502. The molecule has 3 aromatic rings. The smallest absolute Gasteiger partial charge is 0.272 e. The molecular weight excluding hydrogens is 544 g/mol. The van der Waals surface area contributed by atoms with Crippen LogP contribution in [0.25, 0.3) is 11.3 Å². The Labute approximate surface area is 220 Å². The minimum atomic E-state index is -3.73. The van der Waals surface area contributed by atoms with Crippen LogP contribution in [0, 0.1) is 11.6 Å². The number of nitrogens with zero attached hydrogens (tertiary/aromatic N) is 2. The van der Waals surface area contributed by atoms with E-state index >= 15 is 4.39 Å². The van der Waals surface area contributed by atoms with Crippen molar-refractivity contribution < 1.29 is 40.3 Å². The Hall–Kier alpha value is -3.94. The molecule has 0 radical (unpaired) electrons. The highest BCUT2D eigenvalue weighted by Gasteiger charge is 2.46. The van der Waals surface area contributed by atoms with E-state index in [1.165, 1.54) is 16.8 Å². The molecule has 39 heavy (non-hydrogen) atoms. The normalized spacial score (nSPS) is 18.7. The molecule has 1 spiro atoms. The van der Waals surface area contributed by atoms with Crippen LogP contribution < -0.4 is 15.4 Å². The number of amides is 2. The standard InChI is InChI=1S/C25H22F4N4O5S/c1-39(36,37)11-18(34)30-21-20(13-3-5-14(6-4-13)23(28)29)32-33-12-25(31-24(35)22(21)33)7-2-8-38-17-10-15(26)9-16(27)19(17)25/h3-6,9-10,23H,2,7-8,11-12H2,1H3,(H,30,34)(H,31,35)/t25-/m0/s1. The molecule has 3 heterocycles. The largest absolute Gasteiger partial charge is 0.493 e. The number of halogens is 4. The third-order valence-electron chi connectivity index (χ3n) is 6.54. The molecule has 5 rings (SSSR count). The number of anilines is 1. The predicted octanol–water partition coefficient (Wildman–Crippen LogP) is 3.56. The fourth-order valence-corrected chi connectivity index (χ4v) is 5.54. The van der Waals surface area contributed by atoms with Crippen LogP contribution in [0.3, 0.4) is 0 Å². The van der Waals surface area contributed by atoms with E-state index in [9.17, 15) is 31.2 Å². The zero-order valence-corrected chi connectivity index (χ0v) is 21.2.